The number of nitrogens with zero attached hydrogens (tertiary/aromatic N) is 4. The Balaban J connectivity index is 1.75. The first-order valence-electron chi connectivity index (χ1n) is 8.53. The zero-order valence-corrected chi connectivity index (χ0v) is 16.2. The number of nitrogens with one attached hydrogen (secondary N) is 1. The van der Waals surface area contributed by atoms with Gasteiger partial charge in [-0.2, -0.15) is 0 Å². The van der Waals surface area contributed by atoms with Gasteiger partial charge in [-0.1, -0.05) is 29.8 Å². The van der Waals surface area contributed by atoms with E-state index in [0.717, 1.165) is 11.3 Å². The Hall–Kier alpha value is -3.00. The number of rotatable bonds is 6. The molecule has 0 radical (unpaired) electrons. The average Bonchev–Trinajstić information content (AvgIpc) is 3.10. The van der Waals surface area contributed by atoms with E-state index in [1.807, 2.05) is 5.38 Å². The summed E-state index contributed by atoms with van der Waals surface area (Å²) in [4.78, 5) is 20.6. The minimum Gasteiger partial charge on any atom is -0.466 e. The molecule has 3 aromatic rings. The summed E-state index contributed by atoms with van der Waals surface area (Å²) in [6.07, 6.45) is 4.49. The molecule has 0 saturated carbocycles. The van der Waals surface area contributed by atoms with Crippen LogP contribution in [-0.4, -0.2) is 27.0 Å². The summed E-state index contributed by atoms with van der Waals surface area (Å²) in [5.74, 6) is -0.0658. The third kappa shape index (κ3) is 4.79. The van der Waals surface area contributed by atoms with E-state index in [2.05, 4.69) is 70.1 Å². The summed E-state index contributed by atoms with van der Waals surface area (Å²) in [6.45, 7) is 6.05. The van der Waals surface area contributed by atoms with E-state index in [0.29, 0.717) is 10.7 Å². The van der Waals surface area contributed by atoms with Gasteiger partial charge in [0.05, 0.1) is 11.9 Å². The average molecular weight is 383 g/mol. The Labute approximate surface area is 161 Å². The fourth-order valence-electron chi connectivity index (χ4n) is 2.48. The molecule has 1 aromatic carbocycles. The summed E-state index contributed by atoms with van der Waals surface area (Å²) in [5, 5.41) is 6.32. The molecule has 0 atom stereocenters. The highest BCUT2D eigenvalue weighted by molar-refractivity contribution is 7.07. The van der Waals surface area contributed by atoms with Crippen LogP contribution in [0, 0.1) is 6.92 Å². The molecule has 0 bridgehead atoms. The molecule has 3 rings (SSSR count). The van der Waals surface area contributed by atoms with Crippen molar-refractivity contribution in [2.75, 3.05) is 6.61 Å². The number of carbonyl (C=O) groups excluding carboxylic acids is 1. The second-order valence-corrected chi connectivity index (χ2v) is 7.05. The van der Waals surface area contributed by atoms with Crippen molar-refractivity contribution in [2.45, 2.75) is 26.8 Å². The van der Waals surface area contributed by atoms with E-state index < -0.39 is 0 Å². The van der Waals surface area contributed by atoms with Gasteiger partial charge in [-0.3, -0.25) is 9.78 Å². The van der Waals surface area contributed by atoms with E-state index in [1.54, 1.807) is 0 Å². The fraction of sp³-hybridized carbons (Fsp3) is 0.263. The van der Waals surface area contributed by atoms with Crippen LogP contribution in [-0.2, 0) is 4.79 Å². The minimum atomic E-state index is -0.360. The van der Waals surface area contributed by atoms with Gasteiger partial charge in [-0.25, -0.2) is 10.4 Å². The van der Waals surface area contributed by atoms with Crippen molar-refractivity contribution in [1.29, 1.82) is 0 Å². The molecule has 0 fully saturated rings. The van der Waals surface area contributed by atoms with Gasteiger partial charge >= 0.3 is 0 Å². The molecule has 7 nitrogen and oxygen atoms in total. The normalized spacial score (nSPS) is 11.6. The first kappa shape index (κ1) is 18.8. The van der Waals surface area contributed by atoms with Crippen molar-refractivity contribution >= 4 is 17.2 Å². The molecule has 1 N–H and O–H groups in total. The van der Waals surface area contributed by atoms with Crippen LogP contribution >= 0.6 is 11.3 Å². The van der Waals surface area contributed by atoms with E-state index in [-0.39, 0.29) is 18.6 Å². The second-order valence-electron chi connectivity index (χ2n) is 6.21. The fourth-order valence-corrected chi connectivity index (χ4v) is 3.47. The van der Waals surface area contributed by atoms with E-state index in [9.17, 15) is 4.79 Å². The topological polar surface area (TPSA) is 81.4 Å². The summed E-state index contributed by atoms with van der Waals surface area (Å²) in [7, 11) is 0. The Morgan fingerprint density at radius 1 is 1.30 bits per heavy atom. The van der Waals surface area contributed by atoms with Gasteiger partial charge in [0, 0.05) is 23.8 Å². The molecule has 2 heterocycles. The number of hydrogen-bond acceptors (Lipinski definition) is 6. The zero-order chi connectivity index (χ0) is 19.2. The molecule has 0 aliphatic carbocycles. The monoisotopic (exact) mass is 383 g/mol. The lowest BCUT2D eigenvalue weighted by Crippen LogP contribution is -2.29. The van der Waals surface area contributed by atoms with Crippen molar-refractivity contribution in [1.82, 2.24) is 20.0 Å². The molecular formula is C19H21N5O2S. The van der Waals surface area contributed by atoms with Gasteiger partial charge in [0.1, 0.15) is 0 Å². The quantitative estimate of drug-likeness (QED) is 0.664. The largest absolute Gasteiger partial charge is 0.466 e. The SMILES string of the molecule is Cc1ccc(-c2cs/c(=N\NC(=O)COc3cnccn3)n2C(C)C)cc1. The molecule has 0 saturated heterocycles. The van der Waals surface area contributed by atoms with E-state index in [4.69, 9.17) is 4.74 Å². The van der Waals surface area contributed by atoms with Gasteiger partial charge in [0.2, 0.25) is 10.7 Å². The van der Waals surface area contributed by atoms with Gasteiger partial charge in [0.15, 0.2) is 6.61 Å². The van der Waals surface area contributed by atoms with Crippen LogP contribution in [0.3, 0.4) is 0 Å². The van der Waals surface area contributed by atoms with Gasteiger partial charge < -0.3 is 9.30 Å². The van der Waals surface area contributed by atoms with Gasteiger partial charge in [0.25, 0.3) is 5.91 Å². The first-order chi connectivity index (χ1) is 13.0. The second kappa shape index (κ2) is 8.59. The summed E-state index contributed by atoms with van der Waals surface area (Å²) < 4.78 is 7.37. The van der Waals surface area contributed by atoms with Crippen LogP contribution in [0.4, 0.5) is 0 Å². The Morgan fingerprint density at radius 3 is 2.74 bits per heavy atom. The van der Waals surface area contributed by atoms with Crippen LogP contribution in [0.15, 0.2) is 53.3 Å². The molecule has 8 heteroatoms. The van der Waals surface area contributed by atoms with Crippen LogP contribution < -0.4 is 15.0 Å². The Bertz CT molecular complexity index is 962. The van der Waals surface area contributed by atoms with Gasteiger partial charge in [-0.15, -0.1) is 16.4 Å². The first-order valence-corrected chi connectivity index (χ1v) is 9.41. The summed E-state index contributed by atoms with van der Waals surface area (Å²) in [5.41, 5.74) is 5.94. The molecule has 0 aliphatic heterocycles. The maximum Gasteiger partial charge on any atom is 0.278 e. The Morgan fingerprint density at radius 2 is 2.07 bits per heavy atom. The maximum absolute atomic E-state index is 12.0. The molecule has 0 aliphatic rings. The lowest BCUT2D eigenvalue weighted by Gasteiger charge is -2.13. The van der Waals surface area contributed by atoms with Gasteiger partial charge in [-0.05, 0) is 26.3 Å². The summed E-state index contributed by atoms with van der Waals surface area (Å²) in [6, 6.07) is 8.54. The lowest BCUT2D eigenvalue weighted by molar-refractivity contribution is -0.123. The van der Waals surface area contributed by atoms with Crippen molar-refractivity contribution in [3.8, 4) is 17.1 Å². The highest BCUT2D eigenvalue weighted by atomic mass is 32.1. The maximum atomic E-state index is 12.0. The molecule has 2 aromatic heterocycles. The highest BCUT2D eigenvalue weighted by Crippen LogP contribution is 2.23. The van der Waals surface area contributed by atoms with Crippen LogP contribution in [0.5, 0.6) is 5.88 Å². The molecule has 1 amide bonds. The number of aryl methyl sites for hydroxylation is 1. The Kier molecular flexibility index (Phi) is 5.97. The van der Waals surface area contributed by atoms with Crippen molar-refractivity contribution in [2.24, 2.45) is 5.10 Å². The predicted molar refractivity (Wildman–Crippen MR) is 104 cm³/mol. The number of amides is 1. The van der Waals surface area contributed by atoms with Crippen molar-refractivity contribution in [3.63, 3.8) is 0 Å². The number of carbonyl (C=O) groups is 1. The molecule has 140 valence electrons. The molecule has 27 heavy (non-hydrogen) atoms. The van der Waals surface area contributed by atoms with E-state index in [1.165, 1.54) is 35.5 Å². The summed E-state index contributed by atoms with van der Waals surface area (Å²) >= 11 is 1.48. The number of aromatic nitrogens is 3. The predicted octanol–water partition coefficient (Wildman–Crippen LogP) is 2.91. The third-order valence-electron chi connectivity index (χ3n) is 3.77. The van der Waals surface area contributed by atoms with Crippen LogP contribution in [0.2, 0.25) is 0 Å². The molecule has 0 spiro atoms. The van der Waals surface area contributed by atoms with Crippen LogP contribution in [0.25, 0.3) is 11.3 Å². The van der Waals surface area contributed by atoms with E-state index >= 15 is 0 Å². The molecular weight excluding hydrogens is 362 g/mol. The number of benzene rings is 1. The standard InChI is InChI=1S/C19H21N5O2S/c1-13(2)24-16(15-6-4-14(3)5-7-15)12-27-19(24)23-22-17(25)11-26-18-10-20-8-9-21-18/h4-10,12-13H,11H2,1-3H3,(H,22,25)/b23-19-. The smallest absolute Gasteiger partial charge is 0.278 e. The lowest BCUT2D eigenvalue weighted by atomic mass is 10.1. The zero-order valence-electron chi connectivity index (χ0n) is 15.4. The van der Waals surface area contributed by atoms with Crippen molar-refractivity contribution < 1.29 is 9.53 Å². The third-order valence-corrected chi connectivity index (χ3v) is 4.61. The molecule has 0 unspecified atom stereocenters. The minimum absolute atomic E-state index is 0.180. The van der Waals surface area contributed by atoms with Crippen molar-refractivity contribution in [3.05, 3.63) is 58.6 Å². The number of thiazole rings is 1. The number of ether oxygens (including phenoxy) is 1. The van der Waals surface area contributed by atoms with Crippen LogP contribution in [0.1, 0.15) is 25.5 Å². The highest BCUT2D eigenvalue weighted by Gasteiger charge is 2.11. The number of hydrogen-bond donors (Lipinski definition) is 1.